The Balaban J connectivity index is 2.63. The Kier molecular flexibility index (Phi) is 6.88. The fraction of sp³-hybridized carbons (Fsp3) is 0.500. The molecule has 0 aliphatic carbocycles. The highest BCUT2D eigenvalue weighted by atomic mass is 16.4. The number of nitrogens with one attached hydrogen (secondary N) is 1. The van der Waals surface area contributed by atoms with Crippen molar-refractivity contribution in [2.24, 2.45) is 5.92 Å². The summed E-state index contributed by atoms with van der Waals surface area (Å²) in [7, 11) is 0. The number of carboxylic acids is 2. The molecule has 0 saturated heterocycles. The SMILES string of the molecule is CC(C)CC(NC(CCc1ccccc1)C(=O)O)C(=O)O. The van der Waals surface area contributed by atoms with Gasteiger partial charge in [-0.15, -0.1) is 0 Å². The second-order valence-electron chi connectivity index (χ2n) is 5.60. The van der Waals surface area contributed by atoms with Gasteiger partial charge in [-0.2, -0.15) is 0 Å². The Morgan fingerprint density at radius 1 is 1.05 bits per heavy atom. The third kappa shape index (κ3) is 6.40. The summed E-state index contributed by atoms with van der Waals surface area (Å²) in [6, 6.07) is 7.88. The second-order valence-corrected chi connectivity index (χ2v) is 5.60. The van der Waals surface area contributed by atoms with Crippen molar-refractivity contribution in [2.45, 2.75) is 45.2 Å². The molecular formula is C16H23NO4. The molecular weight excluding hydrogens is 270 g/mol. The molecule has 1 aromatic rings. The Bertz CT molecular complexity index is 459. The van der Waals surface area contributed by atoms with Crippen molar-refractivity contribution in [2.75, 3.05) is 0 Å². The molecule has 0 spiro atoms. The van der Waals surface area contributed by atoms with Crippen molar-refractivity contribution in [3.63, 3.8) is 0 Å². The lowest BCUT2D eigenvalue weighted by Gasteiger charge is -2.21. The molecule has 1 rings (SSSR count). The van der Waals surface area contributed by atoms with Gasteiger partial charge >= 0.3 is 11.9 Å². The monoisotopic (exact) mass is 293 g/mol. The van der Waals surface area contributed by atoms with Crippen LogP contribution in [0.15, 0.2) is 30.3 Å². The lowest BCUT2D eigenvalue weighted by atomic mass is 10.0. The molecule has 2 atom stereocenters. The Morgan fingerprint density at radius 3 is 2.10 bits per heavy atom. The van der Waals surface area contributed by atoms with Gasteiger partial charge in [-0.1, -0.05) is 44.2 Å². The van der Waals surface area contributed by atoms with Crippen LogP contribution in [0.25, 0.3) is 0 Å². The van der Waals surface area contributed by atoms with E-state index >= 15 is 0 Å². The fourth-order valence-electron chi connectivity index (χ4n) is 2.19. The van der Waals surface area contributed by atoms with Gasteiger partial charge in [0.05, 0.1) is 0 Å². The summed E-state index contributed by atoms with van der Waals surface area (Å²) < 4.78 is 0. The molecule has 0 fully saturated rings. The van der Waals surface area contributed by atoms with E-state index in [1.54, 1.807) is 0 Å². The van der Waals surface area contributed by atoms with Crippen LogP contribution in [0.1, 0.15) is 32.3 Å². The highest BCUT2D eigenvalue weighted by Crippen LogP contribution is 2.10. The minimum atomic E-state index is -1.01. The molecule has 0 aromatic heterocycles. The van der Waals surface area contributed by atoms with Crippen molar-refractivity contribution in [3.05, 3.63) is 35.9 Å². The molecule has 0 heterocycles. The van der Waals surface area contributed by atoms with Crippen LogP contribution < -0.4 is 5.32 Å². The normalized spacial score (nSPS) is 13.9. The van der Waals surface area contributed by atoms with Gasteiger partial charge in [0.2, 0.25) is 0 Å². The number of benzene rings is 1. The van der Waals surface area contributed by atoms with E-state index in [1.807, 2.05) is 44.2 Å². The Morgan fingerprint density at radius 2 is 1.62 bits per heavy atom. The standard InChI is InChI=1S/C16H23NO4/c1-11(2)10-14(16(20)21)17-13(15(18)19)9-8-12-6-4-3-5-7-12/h3-7,11,13-14,17H,8-10H2,1-2H3,(H,18,19)(H,20,21). The van der Waals surface area contributed by atoms with Gasteiger partial charge in [0.15, 0.2) is 0 Å². The van der Waals surface area contributed by atoms with Crippen LogP contribution in [0.5, 0.6) is 0 Å². The number of carbonyl (C=O) groups is 2. The zero-order valence-corrected chi connectivity index (χ0v) is 12.5. The number of hydrogen-bond acceptors (Lipinski definition) is 3. The first-order valence-electron chi connectivity index (χ1n) is 7.15. The minimum Gasteiger partial charge on any atom is -0.480 e. The summed E-state index contributed by atoms with van der Waals surface area (Å²) in [5, 5.41) is 21.2. The molecule has 3 N–H and O–H groups in total. The summed E-state index contributed by atoms with van der Waals surface area (Å²) in [6.07, 6.45) is 1.37. The predicted molar refractivity (Wildman–Crippen MR) is 80.2 cm³/mol. The van der Waals surface area contributed by atoms with Crippen molar-refractivity contribution in [1.29, 1.82) is 0 Å². The second kappa shape index (κ2) is 8.42. The van der Waals surface area contributed by atoms with Crippen molar-refractivity contribution in [1.82, 2.24) is 5.32 Å². The number of carboxylic acid groups (broad SMARTS) is 2. The Hall–Kier alpha value is -1.88. The molecule has 5 heteroatoms. The average Bonchev–Trinajstić information content (AvgIpc) is 2.42. The molecule has 0 aliphatic heterocycles. The third-order valence-corrected chi connectivity index (χ3v) is 3.27. The van der Waals surface area contributed by atoms with E-state index in [1.165, 1.54) is 0 Å². The Labute approximate surface area is 125 Å². The van der Waals surface area contributed by atoms with Gasteiger partial charge in [0.1, 0.15) is 12.1 Å². The van der Waals surface area contributed by atoms with E-state index < -0.39 is 24.0 Å². The molecule has 116 valence electrons. The van der Waals surface area contributed by atoms with E-state index in [-0.39, 0.29) is 5.92 Å². The summed E-state index contributed by atoms with van der Waals surface area (Å²) in [4.78, 5) is 22.5. The molecule has 2 unspecified atom stereocenters. The number of hydrogen-bond donors (Lipinski definition) is 3. The first-order valence-corrected chi connectivity index (χ1v) is 7.15. The summed E-state index contributed by atoms with van der Waals surface area (Å²) >= 11 is 0. The van der Waals surface area contributed by atoms with Gasteiger partial charge in [0, 0.05) is 0 Å². The molecule has 21 heavy (non-hydrogen) atoms. The molecule has 0 radical (unpaired) electrons. The first kappa shape index (κ1) is 17.2. The van der Waals surface area contributed by atoms with Crippen LogP contribution in [0.3, 0.4) is 0 Å². The van der Waals surface area contributed by atoms with Gasteiger partial charge < -0.3 is 10.2 Å². The predicted octanol–water partition coefficient (Wildman–Crippen LogP) is 2.16. The average molecular weight is 293 g/mol. The minimum absolute atomic E-state index is 0.183. The van der Waals surface area contributed by atoms with E-state index in [4.69, 9.17) is 0 Å². The third-order valence-electron chi connectivity index (χ3n) is 3.27. The van der Waals surface area contributed by atoms with Gasteiger partial charge in [-0.3, -0.25) is 14.9 Å². The maximum Gasteiger partial charge on any atom is 0.320 e. The largest absolute Gasteiger partial charge is 0.480 e. The van der Waals surface area contributed by atoms with Crippen LogP contribution in [0, 0.1) is 5.92 Å². The first-order chi connectivity index (χ1) is 9.90. The number of aliphatic carboxylic acids is 2. The zero-order chi connectivity index (χ0) is 15.8. The van der Waals surface area contributed by atoms with Crippen molar-refractivity contribution >= 4 is 11.9 Å². The highest BCUT2D eigenvalue weighted by Gasteiger charge is 2.26. The molecule has 5 nitrogen and oxygen atoms in total. The summed E-state index contributed by atoms with van der Waals surface area (Å²) in [5.41, 5.74) is 1.04. The molecule has 0 bridgehead atoms. The van der Waals surface area contributed by atoms with Gasteiger partial charge in [0.25, 0.3) is 0 Å². The van der Waals surface area contributed by atoms with E-state index in [0.717, 1.165) is 5.56 Å². The van der Waals surface area contributed by atoms with E-state index in [2.05, 4.69) is 5.32 Å². The van der Waals surface area contributed by atoms with E-state index in [0.29, 0.717) is 19.3 Å². The highest BCUT2D eigenvalue weighted by molar-refractivity contribution is 5.77. The molecule has 1 aromatic carbocycles. The smallest absolute Gasteiger partial charge is 0.320 e. The molecule has 0 aliphatic rings. The molecule has 0 saturated carbocycles. The van der Waals surface area contributed by atoms with Gasteiger partial charge in [-0.05, 0) is 30.7 Å². The summed E-state index contributed by atoms with van der Waals surface area (Å²) in [5.74, 6) is -1.84. The number of rotatable bonds is 9. The maximum atomic E-state index is 11.3. The fourth-order valence-corrected chi connectivity index (χ4v) is 2.19. The van der Waals surface area contributed by atoms with Crippen LogP contribution >= 0.6 is 0 Å². The van der Waals surface area contributed by atoms with Gasteiger partial charge in [-0.25, -0.2) is 0 Å². The van der Waals surface area contributed by atoms with Crippen LogP contribution in [-0.2, 0) is 16.0 Å². The molecule has 0 amide bonds. The summed E-state index contributed by atoms with van der Waals surface area (Å²) in [6.45, 7) is 3.83. The lowest BCUT2D eigenvalue weighted by molar-refractivity contribution is -0.143. The van der Waals surface area contributed by atoms with Crippen molar-refractivity contribution in [3.8, 4) is 0 Å². The topological polar surface area (TPSA) is 86.6 Å². The quantitative estimate of drug-likeness (QED) is 0.649. The van der Waals surface area contributed by atoms with Crippen LogP contribution in [-0.4, -0.2) is 34.2 Å². The van der Waals surface area contributed by atoms with Crippen molar-refractivity contribution < 1.29 is 19.8 Å². The van der Waals surface area contributed by atoms with Crippen LogP contribution in [0.4, 0.5) is 0 Å². The van der Waals surface area contributed by atoms with Crippen LogP contribution in [0.2, 0.25) is 0 Å². The lowest BCUT2D eigenvalue weighted by Crippen LogP contribution is -2.47. The maximum absolute atomic E-state index is 11.3. The zero-order valence-electron chi connectivity index (χ0n) is 12.5. The van der Waals surface area contributed by atoms with E-state index in [9.17, 15) is 19.8 Å². The number of aryl methyl sites for hydroxylation is 1.